The van der Waals surface area contributed by atoms with Crippen molar-refractivity contribution in [2.45, 2.75) is 37.6 Å². The van der Waals surface area contributed by atoms with E-state index in [4.69, 9.17) is 0 Å². The molecule has 1 aliphatic carbocycles. The van der Waals surface area contributed by atoms with E-state index in [0.717, 1.165) is 54.7 Å². The number of nitro groups is 1. The van der Waals surface area contributed by atoms with Gasteiger partial charge in [0.2, 0.25) is 0 Å². The normalized spacial score (nSPS) is 24.7. The van der Waals surface area contributed by atoms with Gasteiger partial charge < -0.3 is 10.2 Å². The zero-order chi connectivity index (χ0) is 20.7. The number of piperidine rings is 1. The fourth-order valence-electron chi connectivity index (χ4n) is 5.17. The molecule has 154 valence electrons. The van der Waals surface area contributed by atoms with Crippen LogP contribution < -0.4 is 5.32 Å². The highest BCUT2D eigenvalue weighted by atomic mass is 16.6. The summed E-state index contributed by atoms with van der Waals surface area (Å²) in [6.45, 7) is 1.68. The number of likely N-dealkylation sites (tertiary alicyclic amines) is 1. The van der Waals surface area contributed by atoms with Gasteiger partial charge in [0.15, 0.2) is 0 Å². The van der Waals surface area contributed by atoms with Crippen LogP contribution in [0.4, 0.5) is 11.4 Å². The fourth-order valence-corrected chi connectivity index (χ4v) is 5.17. The van der Waals surface area contributed by atoms with Crippen LogP contribution in [-0.2, 0) is 0 Å². The third-order valence-corrected chi connectivity index (χ3v) is 6.69. The SMILES string of the molecule is O=C(c1ccc2c(c1)[C@H]1C=CC[C@@H]1[C@H](c1cccc([N+](=O)[O-])c1)N2)N1CCCCC1. The first-order chi connectivity index (χ1) is 14.6. The van der Waals surface area contributed by atoms with Crippen LogP contribution in [0.1, 0.15) is 59.1 Å². The first kappa shape index (κ1) is 18.9. The molecule has 0 saturated carbocycles. The van der Waals surface area contributed by atoms with Gasteiger partial charge in [0.05, 0.1) is 11.0 Å². The van der Waals surface area contributed by atoms with Crippen molar-refractivity contribution in [2.24, 2.45) is 5.92 Å². The standard InChI is InChI=1S/C24H25N3O3/c28-24(26-12-2-1-3-13-26)17-10-11-22-21(15-17)19-8-5-9-20(19)23(25-22)16-6-4-7-18(14-16)27(29)30/h4-8,10-11,14-15,19-20,23,25H,1-3,9,12-13H2/t19-,20-,23-/m0/s1. The molecule has 1 amide bonds. The Morgan fingerprint density at radius 2 is 1.93 bits per heavy atom. The quantitative estimate of drug-likeness (QED) is 0.442. The number of rotatable bonds is 3. The third-order valence-electron chi connectivity index (χ3n) is 6.69. The summed E-state index contributed by atoms with van der Waals surface area (Å²) in [6.07, 6.45) is 8.69. The molecule has 0 bridgehead atoms. The van der Waals surface area contributed by atoms with Crippen LogP contribution in [0.3, 0.4) is 0 Å². The number of nitro benzene ring substituents is 1. The number of amides is 1. The molecule has 5 rings (SSSR count). The first-order valence-electron chi connectivity index (χ1n) is 10.7. The van der Waals surface area contributed by atoms with Crippen molar-refractivity contribution in [2.75, 3.05) is 18.4 Å². The zero-order valence-electron chi connectivity index (χ0n) is 16.8. The molecule has 1 N–H and O–H groups in total. The van der Waals surface area contributed by atoms with Crippen molar-refractivity contribution in [3.8, 4) is 0 Å². The predicted octanol–water partition coefficient (Wildman–Crippen LogP) is 5.05. The van der Waals surface area contributed by atoms with Crippen LogP contribution >= 0.6 is 0 Å². The Hall–Kier alpha value is -3.15. The molecule has 6 nitrogen and oxygen atoms in total. The van der Waals surface area contributed by atoms with Crippen LogP contribution in [-0.4, -0.2) is 28.8 Å². The maximum atomic E-state index is 13.0. The third kappa shape index (κ3) is 3.26. The molecule has 0 aromatic heterocycles. The Bertz CT molecular complexity index is 1030. The average Bonchev–Trinajstić information content (AvgIpc) is 3.29. The summed E-state index contributed by atoms with van der Waals surface area (Å²) in [5, 5.41) is 14.8. The lowest BCUT2D eigenvalue weighted by molar-refractivity contribution is -0.384. The molecule has 6 heteroatoms. The maximum Gasteiger partial charge on any atom is 0.269 e. The Kier molecular flexibility index (Phi) is 4.77. The van der Waals surface area contributed by atoms with E-state index in [1.807, 2.05) is 23.1 Å². The molecular weight excluding hydrogens is 378 g/mol. The van der Waals surface area contributed by atoms with Crippen molar-refractivity contribution < 1.29 is 9.72 Å². The molecule has 0 unspecified atom stereocenters. The van der Waals surface area contributed by atoms with Crippen molar-refractivity contribution in [3.05, 3.63) is 81.4 Å². The number of allylic oxidation sites excluding steroid dienone is 2. The van der Waals surface area contributed by atoms with E-state index in [2.05, 4.69) is 23.5 Å². The second kappa shape index (κ2) is 7.59. The minimum atomic E-state index is -0.344. The highest BCUT2D eigenvalue weighted by Gasteiger charge is 2.38. The van der Waals surface area contributed by atoms with Crippen LogP contribution in [0, 0.1) is 16.0 Å². The summed E-state index contributed by atoms with van der Waals surface area (Å²) < 4.78 is 0. The van der Waals surface area contributed by atoms with Crippen LogP contribution in [0.15, 0.2) is 54.6 Å². The number of benzene rings is 2. The number of non-ortho nitro benzene ring substituents is 1. The molecule has 2 aliphatic heterocycles. The Morgan fingerprint density at radius 1 is 1.10 bits per heavy atom. The van der Waals surface area contributed by atoms with E-state index < -0.39 is 0 Å². The van der Waals surface area contributed by atoms with Crippen molar-refractivity contribution in [3.63, 3.8) is 0 Å². The summed E-state index contributed by atoms with van der Waals surface area (Å²) in [5.74, 6) is 0.608. The predicted molar refractivity (Wildman–Crippen MR) is 116 cm³/mol. The van der Waals surface area contributed by atoms with E-state index in [1.165, 1.54) is 12.5 Å². The van der Waals surface area contributed by atoms with Gasteiger partial charge in [-0.3, -0.25) is 14.9 Å². The molecule has 3 atom stereocenters. The second-order valence-corrected chi connectivity index (χ2v) is 8.48. The minimum absolute atomic E-state index is 0.000969. The number of fused-ring (bicyclic) bond motifs is 3. The number of nitrogens with zero attached hydrogens (tertiary/aromatic N) is 2. The molecule has 2 aromatic rings. The Morgan fingerprint density at radius 3 is 2.73 bits per heavy atom. The van der Waals surface area contributed by atoms with E-state index in [1.54, 1.807) is 12.1 Å². The number of hydrogen-bond acceptors (Lipinski definition) is 4. The highest BCUT2D eigenvalue weighted by molar-refractivity contribution is 5.95. The number of carbonyl (C=O) groups is 1. The van der Waals surface area contributed by atoms with Gasteiger partial charge in [0.25, 0.3) is 11.6 Å². The van der Waals surface area contributed by atoms with E-state index in [9.17, 15) is 14.9 Å². The highest BCUT2D eigenvalue weighted by Crippen LogP contribution is 2.50. The zero-order valence-corrected chi connectivity index (χ0v) is 16.8. The van der Waals surface area contributed by atoms with Crippen LogP contribution in [0.5, 0.6) is 0 Å². The van der Waals surface area contributed by atoms with Gasteiger partial charge in [-0.1, -0.05) is 24.3 Å². The molecule has 30 heavy (non-hydrogen) atoms. The number of hydrogen-bond donors (Lipinski definition) is 1. The summed E-state index contributed by atoms with van der Waals surface area (Å²) in [4.78, 5) is 25.8. The summed E-state index contributed by atoms with van der Waals surface area (Å²) in [6, 6.07) is 12.9. The van der Waals surface area contributed by atoms with Crippen molar-refractivity contribution in [1.29, 1.82) is 0 Å². The molecular formula is C24H25N3O3. The lowest BCUT2D eigenvalue weighted by Gasteiger charge is -2.38. The van der Waals surface area contributed by atoms with E-state index in [0.29, 0.717) is 0 Å². The summed E-state index contributed by atoms with van der Waals surface area (Å²) in [7, 11) is 0. The smallest absolute Gasteiger partial charge is 0.269 e. The van der Waals surface area contributed by atoms with Crippen molar-refractivity contribution >= 4 is 17.3 Å². The van der Waals surface area contributed by atoms with Gasteiger partial charge in [-0.05, 0) is 60.9 Å². The Balaban J connectivity index is 1.47. The van der Waals surface area contributed by atoms with Gasteiger partial charge in [-0.25, -0.2) is 0 Å². The number of anilines is 1. The molecule has 1 fully saturated rings. The van der Waals surface area contributed by atoms with E-state index in [-0.39, 0.29) is 34.4 Å². The summed E-state index contributed by atoms with van der Waals surface area (Å²) in [5.41, 5.74) is 3.96. The minimum Gasteiger partial charge on any atom is -0.378 e. The molecule has 2 heterocycles. The Labute approximate surface area is 175 Å². The average molecular weight is 403 g/mol. The topological polar surface area (TPSA) is 75.5 Å². The first-order valence-corrected chi connectivity index (χ1v) is 10.7. The van der Waals surface area contributed by atoms with Gasteiger partial charge >= 0.3 is 0 Å². The van der Waals surface area contributed by atoms with Gasteiger partial charge in [0, 0.05) is 42.4 Å². The molecule has 3 aliphatic rings. The monoisotopic (exact) mass is 403 g/mol. The summed E-state index contributed by atoms with van der Waals surface area (Å²) >= 11 is 0. The molecule has 0 spiro atoms. The molecule has 1 saturated heterocycles. The molecule has 2 aromatic carbocycles. The van der Waals surface area contributed by atoms with Crippen LogP contribution in [0.25, 0.3) is 0 Å². The van der Waals surface area contributed by atoms with Crippen LogP contribution in [0.2, 0.25) is 0 Å². The van der Waals surface area contributed by atoms with Gasteiger partial charge in [-0.2, -0.15) is 0 Å². The lowest BCUT2D eigenvalue weighted by atomic mass is 9.76. The van der Waals surface area contributed by atoms with Crippen molar-refractivity contribution in [1.82, 2.24) is 4.90 Å². The van der Waals surface area contributed by atoms with Gasteiger partial charge in [-0.15, -0.1) is 0 Å². The second-order valence-electron chi connectivity index (χ2n) is 8.48. The fraction of sp³-hybridized carbons (Fsp3) is 0.375. The number of nitrogens with one attached hydrogen (secondary N) is 1. The molecule has 0 radical (unpaired) electrons. The maximum absolute atomic E-state index is 13.0. The van der Waals surface area contributed by atoms with Gasteiger partial charge in [0.1, 0.15) is 0 Å². The lowest BCUT2D eigenvalue weighted by Crippen LogP contribution is -2.36. The van der Waals surface area contributed by atoms with E-state index >= 15 is 0 Å². The largest absolute Gasteiger partial charge is 0.378 e. The number of carbonyl (C=O) groups excluding carboxylic acids is 1.